The normalized spacial score (nSPS) is 19.8. The molecule has 0 bridgehead atoms. The first-order chi connectivity index (χ1) is 15.4. The van der Waals surface area contributed by atoms with E-state index in [2.05, 4.69) is 10.2 Å². The second kappa shape index (κ2) is 7.75. The van der Waals surface area contributed by atoms with Crippen molar-refractivity contribution in [2.75, 3.05) is 19.8 Å². The van der Waals surface area contributed by atoms with Crippen LogP contribution >= 0.6 is 11.3 Å². The highest BCUT2D eigenvalue weighted by atomic mass is 32.1. The Morgan fingerprint density at radius 1 is 1.22 bits per heavy atom. The molecule has 3 aromatic rings. The summed E-state index contributed by atoms with van der Waals surface area (Å²) in [5.41, 5.74) is -0.451. The van der Waals surface area contributed by atoms with Gasteiger partial charge >= 0.3 is 0 Å². The largest absolute Gasteiger partial charge is 0.503 e. The predicted octanol–water partition coefficient (Wildman–Crippen LogP) is 2.36. The number of hydrogen-bond donors (Lipinski definition) is 1. The van der Waals surface area contributed by atoms with Gasteiger partial charge in [-0.05, 0) is 18.6 Å². The number of hydrogen-bond acceptors (Lipinski definition) is 7. The van der Waals surface area contributed by atoms with Crippen LogP contribution in [-0.4, -0.2) is 56.5 Å². The van der Waals surface area contributed by atoms with Crippen LogP contribution in [0.2, 0.25) is 0 Å². The zero-order valence-corrected chi connectivity index (χ0v) is 17.7. The molecular formula is C21H18F2N4O4S. The van der Waals surface area contributed by atoms with Crippen LogP contribution in [0.4, 0.5) is 8.78 Å². The molecule has 8 nitrogen and oxygen atoms in total. The number of fused-ring (bicyclic) bond motifs is 3. The molecule has 1 saturated heterocycles. The fraction of sp³-hybridized carbons (Fsp3) is 0.333. The smallest absolute Gasteiger partial charge is 0.274 e. The SMILES string of the molecule is CCN1C(=O)c2c(O)c(=O)c(-c3nnc(Cc4ccc(F)cc4F)s3)cn2C2COC[C@@H]21. The van der Waals surface area contributed by atoms with Crippen LogP contribution in [0.25, 0.3) is 10.6 Å². The van der Waals surface area contributed by atoms with E-state index in [1.54, 1.807) is 9.47 Å². The number of rotatable bonds is 4. The number of halogens is 2. The van der Waals surface area contributed by atoms with Gasteiger partial charge in [0.25, 0.3) is 5.91 Å². The molecule has 1 unspecified atom stereocenters. The molecule has 2 aromatic heterocycles. The van der Waals surface area contributed by atoms with Crippen LogP contribution in [0.15, 0.2) is 29.2 Å². The monoisotopic (exact) mass is 460 g/mol. The van der Waals surface area contributed by atoms with Crippen molar-refractivity contribution in [1.82, 2.24) is 19.7 Å². The van der Waals surface area contributed by atoms with Crippen LogP contribution < -0.4 is 5.43 Å². The summed E-state index contributed by atoms with van der Waals surface area (Å²) in [6, 6.07) is 2.85. The number of nitrogens with zero attached hydrogens (tertiary/aromatic N) is 4. The maximum atomic E-state index is 14.0. The van der Waals surface area contributed by atoms with E-state index >= 15 is 0 Å². The Bertz CT molecular complexity index is 1290. The zero-order chi connectivity index (χ0) is 22.6. The van der Waals surface area contributed by atoms with Gasteiger partial charge in [0.2, 0.25) is 5.43 Å². The molecule has 11 heteroatoms. The molecule has 1 N–H and O–H groups in total. The van der Waals surface area contributed by atoms with Crippen molar-refractivity contribution >= 4 is 17.2 Å². The molecule has 2 aliphatic rings. The van der Waals surface area contributed by atoms with Gasteiger partial charge in [-0.25, -0.2) is 8.78 Å². The van der Waals surface area contributed by atoms with Gasteiger partial charge in [0.05, 0.1) is 30.9 Å². The first kappa shape index (κ1) is 20.7. The Balaban J connectivity index is 1.55. The second-order valence-corrected chi connectivity index (χ2v) is 8.72. The standard InChI is InChI=1S/C21H18F2N4O4S/c1-2-26-14-8-31-9-15(14)27-7-12(18(28)19(29)17(27)21(26)30)20-25-24-16(32-20)5-10-3-4-11(22)6-13(10)23/h3-4,6-7,14-15,29H,2,5,8-9H2,1H3/t14-,15?/m0/s1. The van der Waals surface area contributed by atoms with Crippen LogP contribution in [0.1, 0.15) is 34.0 Å². The molecule has 2 aliphatic heterocycles. The van der Waals surface area contributed by atoms with Crippen molar-refractivity contribution in [1.29, 1.82) is 0 Å². The molecule has 32 heavy (non-hydrogen) atoms. The van der Waals surface area contributed by atoms with E-state index in [1.807, 2.05) is 6.92 Å². The lowest BCUT2D eigenvalue weighted by Gasteiger charge is -2.38. The molecule has 0 spiro atoms. The predicted molar refractivity (Wildman–Crippen MR) is 111 cm³/mol. The van der Waals surface area contributed by atoms with Gasteiger partial charge in [0.15, 0.2) is 16.5 Å². The fourth-order valence-electron chi connectivity index (χ4n) is 4.27. The minimum Gasteiger partial charge on any atom is -0.503 e. The average Bonchev–Trinajstić information content (AvgIpc) is 3.42. The van der Waals surface area contributed by atoms with Gasteiger partial charge in [-0.1, -0.05) is 17.4 Å². The zero-order valence-electron chi connectivity index (χ0n) is 16.9. The maximum absolute atomic E-state index is 14.0. The van der Waals surface area contributed by atoms with E-state index < -0.39 is 28.7 Å². The minimum atomic E-state index is -0.728. The first-order valence-corrected chi connectivity index (χ1v) is 10.8. The Labute approximate surface area is 184 Å². The Hall–Kier alpha value is -3.18. The number of pyridine rings is 1. The van der Waals surface area contributed by atoms with Crippen LogP contribution in [0, 0.1) is 11.6 Å². The Morgan fingerprint density at radius 2 is 2.00 bits per heavy atom. The van der Waals surface area contributed by atoms with E-state index in [-0.39, 0.29) is 40.3 Å². The highest BCUT2D eigenvalue weighted by Gasteiger charge is 2.44. The molecule has 0 radical (unpaired) electrons. The third-order valence-electron chi connectivity index (χ3n) is 5.85. The van der Waals surface area contributed by atoms with Crippen molar-refractivity contribution in [2.24, 2.45) is 0 Å². The van der Waals surface area contributed by atoms with Crippen molar-refractivity contribution in [3.63, 3.8) is 0 Å². The van der Waals surface area contributed by atoms with E-state index in [0.29, 0.717) is 24.8 Å². The van der Waals surface area contributed by atoms with Crippen molar-refractivity contribution in [3.8, 4) is 16.3 Å². The second-order valence-electron chi connectivity index (χ2n) is 7.65. The van der Waals surface area contributed by atoms with E-state index in [1.165, 1.54) is 12.3 Å². The molecule has 1 amide bonds. The third-order valence-corrected chi connectivity index (χ3v) is 6.80. The molecular weight excluding hydrogens is 442 g/mol. The number of aromatic hydroxyl groups is 1. The Morgan fingerprint density at radius 3 is 2.75 bits per heavy atom. The topological polar surface area (TPSA) is 97.5 Å². The highest BCUT2D eigenvalue weighted by molar-refractivity contribution is 7.14. The van der Waals surface area contributed by atoms with Crippen LogP contribution in [0.5, 0.6) is 5.75 Å². The summed E-state index contributed by atoms with van der Waals surface area (Å²) in [6.45, 7) is 2.98. The lowest BCUT2D eigenvalue weighted by atomic mass is 10.0. The molecule has 2 atom stereocenters. The number of carbonyl (C=O) groups excluding carboxylic acids is 1. The van der Waals surface area contributed by atoms with Gasteiger partial charge in [0, 0.05) is 25.2 Å². The summed E-state index contributed by atoms with van der Waals surface area (Å²) in [5.74, 6) is -2.44. The van der Waals surface area contributed by atoms with Gasteiger partial charge in [-0.3, -0.25) is 9.59 Å². The molecule has 1 fully saturated rings. The maximum Gasteiger partial charge on any atom is 0.274 e. The number of amides is 1. The first-order valence-electron chi connectivity index (χ1n) is 10.0. The molecule has 4 heterocycles. The molecule has 0 saturated carbocycles. The lowest BCUT2D eigenvalue weighted by molar-refractivity contribution is 0.0571. The van der Waals surface area contributed by atoms with E-state index in [4.69, 9.17) is 4.74 Å². The fourth-order valence-corrected chi connectivity index (χ4v) is 5.14. The van der Waals surface area contributed by atoms with Crippen molar-refractivity contribution in [2.45, 2.75) is 25.4 Å². The van der Waals surface area contributed by atoms with Gasteiger partial charge in [-0.15, -0.1) is 10.2 Å². The minimum absolute atomic E-state index is 0.0644. The summed E-state index contributed by atoms with van der Waals surface area (Å²) in [7, 11) is 0. The van der Waals surface area contributed by atoms with Crippen molar-refractivity contribution < 1.29 is 23.4 Å². The summed E-state index contributed by atoms with van der Waals surface area (Å²) < 4.78 is 34.3. The molecule has 166 valence electrons. The number of ether oxygens (including phenoxy) is 1. The van der Waals surface area contributed by atoms with Gasteiger partial charge in [0.1, 0.15) is 16.6 Å². The summed E-state index contributed by atoms with van der Waals surface area (Å²) >= 11 is 1.06. The highest BCUT2D eigenvalue weighted by Crippen LogP contribution is 2.36. The molecule has 0 aliphatic carbocycles. The van der Waals surface area contributed by atoms with E-state index in [0.717, 1.165) is 23.5 Å². The average molecular weight is 460 g/mol. The number of benzene rings is 1. The molecule has 5 rings (SSSR count). The number of carbonyl (C=O) groups is 1. The van der Waals surface area contributed by atoms with Crippen LogP contribution in [-0.2, 0) is 11.2 Å². The number of aromatic nitrogens is 3. The quantitative estimate of drug-likeness (QED) is 0.642. The summed E-state index contributed by atoms with van der Waals surface area (Å²) in [4.78, 5) is 27.4. The third kappa shape index (κ3) is 3.19. The van der Waals surface area contributed by atoms with Gasteiger partial charge < -0.3 is 19.3 Å². The van der Waals surface area contributed by atoms with Crippen LogP contribution in [0.3, 0.4) is 0 Å². The van der Waals surface area contributed by atoms with Gasteiger partial charge in [-0.2, -0.15) is 0 Å². The van der Waals surface area contributed by atoms with Crippen molar-refractivity contribution in [3.05, 3.63) is 62.5 Å². The summed E-state index contributed by atoms with van der Waals surface area (Å²) in [5, 5.41) is 19.4. The number of likely N-dealkylation sites (N-methyl/N-ethyl adjacent to an activating group) is 1. The summed E-state index contributed by atoms with van der Waals surface area (Å²) in [6.07, 6.45) is 1.59. The Kier molecular flexibility index (Phi) is 5.01. The molecule has 1 aromatic carbocycles. The lowest BCUT2D eigenvalue weighted by Crippen LogP contribution is -2.51. The van der Waals surface area contributed by atoms with E-state index in [9.17, 15) is 23.5 Å².